The van der Waals surface area contributed by atoms with E-state index >= 15 is 0 Å². The maximum atomic E-state index is 5.22. The first-order chi connectivity index (χ1) is 9.66. The van der Waals surface area contributed by atoms with Gasteiger partial charge in [0.1, 0.15) is 11.4 Å². The average molecular weight is 270 g/mol. The van der Waals surface area contributed by atoms with E-state index in [0.717, 1.165) is 34.6 Å². The van der Waals surface area contributed by atoms with Gasteiger partial charge in [0.2, 0.25) is 0 Å². The first kappa shape index (κ1) is 12.9. The van der Waals surface area contributed by atoms with Gasteiger partial charge < -0.3 is 14.8 Å². The molecule has 0 aliphatic rings. The van der Waals surface area contributed by atoms with Gasteiger partial charge in [0.05, 0.1) is 5.69 Å². The number of aromatic nitrogens is 3. The Hall–Kier alpha value is -2.14. The lowest BCUT2D eigenvalue weighted by molar-refractivity contribution is 0.390. The van der Waals surface area contributed by atoms with Gasteiger partial charge in [0.25, 0.3) is 0 Å². The third kappa shape index (κ3) is 2.20. The molecular weight excluding hydrogens is 252 g/mol. The van der Waals surface area contributed by atoms with E-state index in [4.69, 9.17) is 4.52 Å². The molecule has 3 aromatic rings. The van der Waals surface area contributed by atoms with Gasteiger partial charge in [-0.3, -0.25) is 0 Å². The van der Waals surface area contributed by atoms with Crippen molar-refractivity contribution in [2.45, 2.75) is 33.4 Å². The number of fused-ring (bicyclic) bond motifs is 1. The predicted octanol–water partition coefficient (Wildman–Crippen LogP) is 3.02. The van der Waals surface area contributed by atoms with Gasteiger partial charge in [-0.2, -0.15) is 0 Å². The van der Waals surface area contributed by atoms with Crippen LogP contribution in [0, 0.1) is 13.8 Å². The van der Waals surface area contributed by atoms with Crippen molar-refractivity contribution >= 4 is 11.0 Å². The van der Waals surface area contributed by atoms with Crippen molar-refractivity contribution in [2.24, 2.45) is 0 Å². The molecule has 3 heterocycles. The number of H-pyrrole nitrogens is 1. The monoisotopic (exact) mass is 270 g/mol. The summed E-state index contributed by atoms with van der Waals surface area (Å²) in [6.45, 7) is 6.82. The fourth-order valence-corrected chi connectivity index (χ4v) is 2.63. The highest BCUT2D eigenvalue weighted by molar-refractivity contribution is 5.79. The van der Waals surface area contributed by atoms with E-state index in [-0.39, 0.29) is 6.04 Å². The summed E-state index contributed by atoms with van der Waals surface area (Å²) in [5.41, 5.74) is 4.23. The van der Waals surface area contributed by atoms with Crippen molar-refractivity contribution in [3.63, 3.8) is 0 Å². The Balaban J connectivity index is 1.76. The summed E-state index contributed by atoms with van der Waals surface area (Å²) in [5.74, 6) is 0.878. The number of rotatable bonds is 4. The average Bonchev–Trinajstić information content (AvgIpc) is 3.00. The molecule has 2 N–H and O–H groups in total. The third-order valence-electron chi connectivity index (χ3n) is 3.66. The second-order valence-electron chi connectivity index (χ2n) is 5.05. The highest BCUT2D eigenvalue weighted by atomic mass is 16.5. The Labute approximate surface area is 117 Å². The van der Waals surface area contributed by atoms with Crippen LogP contribution in [0.5, 0.6) is 0 Å². The molecule has 3 rings (SSSR count). The Morgan fingerprint density at radius 2 is 2.25 bits per heavy atom. The van der Waals surface area contributed by atoms with Gasteiger partial charge in [0, 0.05) is 35.9 Å². The van der Waals surface area contributed by atoms with Crippen molar-refractivity contribution in [3.8, 4) is 0 Å². The van der Waals surface area contributed by atoms with Crippen molar-refractivity contribution in [1.82, 2.24) is 20.4 Å². The number of nitrogens with one attached hydrogen (secondary N) is 2. The quantitative estimate of drug-likeness (QED) is 0.764. The summed E-state index contributed by atoms with van der Waals surface area (Å²) in [6, 6.07) is 4.23. The van der Waals surface area contributed by atoms with Crippen LogP contribution in [0.15, 0.2) is 29.0 Å². The molecule has 0 saturated heterocycles. The number of hydrogen-bond donors (Lipinski definition) is 2. The van der Waals surface area contributed by atoms with Crippen LogP contribution in [0.3, 0.4) is 0 Å². The van der Waals surface area contributed by atoms with Crippen LogP contribution in [0.1, 0.15) is 35.5 Å². The highest BCUT2D eigenvalue weighted by Gasteiger charge is 2.16. The van der Waals surface area contributed by atoms with Crippen molar-refractivity contribution in [3.05, 3.63) is 47.1 Å². The van der Waals surface area contributed by atoms with E-state index < -0.39 is 0 Å². The van der Waals surface area contributed by atoms with Crippen LogP contribution in [0.25, 0.3) is 11.0 Å². The molecule has 5 nitrogen and oxygen atoms in total. The van der Waals surface area contributed by atoms with Crippen LogP contribution in [-0.4, -0.2) is 15.1 Å². The fraction of sp³-hybridized carbons (Fsp3) is 0.333. The fourth-order valence-electron chi connectivity index (χ4n) is 2.63. The minimum Gasteiger partial charge on any atom is -0.361 e. The van der Waals surface area contributed by atoms with Gasteiger partial charge in [-0.25, -0.2) is 4.98 Å². The van der Waals surface area contributed by atoms with E-state index in [9.17, 15) is 0 Å². The normalized spacial score (nSPS) is 12.9. The molecule has 0 aliphatic carbocycles. The first-order valence-corrected chi connectivity index (χ1v) is 6.74. The summed E-state index contributed by atoms with van der Waals surface area (Å²) in [4.78, 5) is 7.49. The maximum Gasteiger partial charge on any atom is 0.138 e. The molecule has 0 amide bonds. The summed E-state index contributed by atoms with van der Waals surface area (Å²) in [6.07, 6.45) is 3.80. The van der Waals surface area contributed by atoms with E-state index in [1.54, 1.807) is 6.20 Å². The topological polar surface area (TPSA) is 66.7 Å². The highest BCUT2D eigenvalue weighted by Crippen LogP contribution is 2.22. The van der Waals surface area contributed by atoms with E-state index in [0.29, 0.717) is 0 Å². The molecule has 3 aromatic heterocycles. The molecule has 0 fully saturated rings. The van der Waals surface area contributed by atoms with Crippen molar-refractivity contribution in [2.75, 3.05) is 0 Å². The zero-order valence-electron chi connectivity index (χ0n) is 11.9. The summed E-state index contributed by atoms with van der Waals surface area (Å²) >= 11 is 0. The second kappa shape index (κ2) is 5.09. The molecule has 1 unspecified atom stereocenters. The molecule has 0 radical (unpaired) electrons. The Morgan fingerprint density at radius 1 is 1.40 bits per heavy atom. The Bertz CT molecular complexity index is 709. The SMILES string of the molecule is Cc1noc(C)c1C(C)NCc1c[nH]c2ncccc12. The summed E-state index contributed by atoms with van der Waals surface area (Å²) in [5, 5.41) is 8.67. The van der Waals surface area contributed by atoms with Crippen LogP contribution in [-0.2, 0) is 6.54 Å². The minimum atomic E-state index is 0.197. The summed E-state index contributed by atoms with van der Waals surface area (Å²) < 4.78 is 5.22. The molecule has 0 aromatic carbocycles. The molecular formula is C15H18N4O. The maximum absolute atomic E-state index is 5.22. The molecule has 104 valence electrons. The van der Waals surface area contributed by atoms with E-state index in [1.807, 2.05) is 26.1 Å². The van der Waals surface area contributed by atoms with Gasteiger partial charge in [0.15, 0.2) is 0 Å². The number of pyridine rings is 1. The van der Waals surface area contributed by atoms with Gasteiger partial charge in [-0.05, 0) is 38.5 Å². The number of hydrogen-bond acceptors (Lipinski definition) is 4. The lowest BCUT2D eigenvalue weighted by Crippen LogP contribution is -2.18. The molecule has 0 bridgehead atoms. The standard InChI is InChI=1S/C15H18N4O/c1-9(14-10(2)19-20-11(14)3)17-7-12-8-18-15-13(12)5-4-6-16-15/h4-6,8-9,17H,7H2,1-3H3,(H,16,18). The van der Waals surface area contributed by atoms with Crippen LogP contribution >= 0.6 is 0 Å². The summed E-state index contributed by atoms with van der Waals surface area (Å²) in [7, 11) is 0. The molecule has 0 saturated carbocycles. The van der Waals surface area contributed by atoms with Crippen LogP contribution in [0.2, 0.25) is 0 Å². The number of aryl methyl sites for hydroxylation is 2. The zero-order chi connectivity index (χ0) is 14.1. The molecule has 0 aliphatic heterocycles. The lowest BCUT2D eigenvalue weighted by Gasteiger charge is -2.13. The second-order valence-corrected chi connectivity index (χ2v) is 5.05. The minimum absolute atomic E-state index is 0.197. The Kier molecular flexibility index (Phi) is 3.28. The molecule has 0 spiro atoms. The molecule has 20 heavy (non-hydrogen) atoms. The van der Waals surface area contributed by atoms with E-state index in [2.05, 4.69) is 33.4 Å². The Morgan fingerprint density at radius 3 is 3.00 bits per heavy atom. The van der Waals surface area contributed by atoms with Gasteiger partial charge >= 0.3 is 0 Å². The smallest absolute Gasteiger partial charge is 0.138 e. The zero-order valence-corrected chi connectivity index (χ0v) is 11.9. The number of nitrogens with zero attached hydrogens (tertiary/aromatic N) is 2. The van der Waals surface area contributed by atoms with Gasteiger partial charge in [-0.15, -0.1) is 0 Å². The third-order valence-corrected chi connectivity index (χ3v) is 3.66. The predicted molar refractivity (Wildman–Crippen MR) is 77.3 cm³/mol. The van der Waals surface area contributed by atoms with Crippen molar-refractivity contribution in [1.29, 1.82) is 0 Å². The largest absolute Gasteiger partial charge is 0.361 e. The van der Waals surface area contributed by atoms with Crippen LogP contribution in [0.4, 0.5) is 0 Å². The molecule has 1 atom stereocenters. The lowest BCUT2D eigenvalue weighted by atomic mass is 10.1. The van der Waals surface area contributed by atoms with E-state index in [1.165, 1.54) is 5.56 Å². The van der Waals surface area contributed by atoms with Crippen LogP contribution < -0.4 is 5.32 Å². The number of aromatic amines is 1. The van der Waals surface area contributed by atoms with Gasteiger partial charge in [-0.1, -0.05) is 5.16 Å². The molecule has 5 heteroatoms. The van der Waals surface area contributed by atoms with Crippen molar-refractivity contribution < 1.29 is 4.52 Å². The first-order valence-electron chi connectivity index (χ1n) is 6.74.